The lowest BCUT2D eigenvalue weighted by Gasteiger charge is -2.63. The zero-order chi connectivity index (χ0) is 26.4. The molecule has 4 fully saturated rings. The highest BCUT2D eigenvalue weighted by Gasteiger charge is 2.65. The third-order valence-electron chi connectivity index (χ3n) is 11.2. The van der Waals surface area contributed by atoms with Gasteiger partial charge in [0, 0.05) is 6.42 Å². The van der Waals surface area contributed by atoms with Gasteiger partial charge in [0.05, 0.1) is 25.0 Å². The number of carboxylic acid groups (broad SMARTS) is 2. The first-order valence-corrected chi connectivity index (χ1v) is 13.9. The third-order valence-corrected chi connectivity index (χ3v) is 11.2. The number of rotatable bonds is 8. The van der Waals surface area contributed by atoms with Gasteiger partial charge in [-0.05, 0) is 97.7 Å². The molecule has 4 aliphatic rings. The Labute approximate surface area is 213 Å². The molecule has 0 spiro atoms. The van der Waals surface area contributed by atoms with Gasteiger partial charge < -0.3 is 25.2 Å². The molecule has 0 radical (unpaired) electrons. The molecule has 4 rings (SSSR count). The van der Waals surface area contributed by atoms with E-state index in [1.165, 1.54) is 0 Å². The Morgan fingerprint density at radius 2 is 1.61 bits per heavy atom. The second kappa shape index (κ2) is 10.2. The van der Waals surface area contributed by atoms with Crippen LogP contribution in [0.1, 0.15) is 91.4 Å². The largest absolute Gasteiger partial charge is 0.481 e. The fourth-order valence-electron chi connectivity index (χ4n) is 9.23. The molecule has 0 bridgehead atoms. The molecular weight excluding hydrogens is 464 g/mol. The summed E-state index contributed by atoms with van der Waals surface area (Å²) in [7, 11) is 0. The molecule has 8 heteroatoms. The van der Waals surface area contributed by atoms with Crippen molar-refractivity contribution in [3.63, 3.8) is 0 Å². The van der Waals surface area contributed by atoms with Crippen LogP contribution in [0.25, 0.3) is 0 Å². The van der Waals surface area contributed by atoms with Crippen LogP contribution in [0.5, 0.6) is 0 Å². The number of aliphatic hydroxyl groups is 2. The average molecular weight is 509 g/mol. The minimum absolute atomic E-state index is 0.0524. The normalized spacial score (nSPS) is 44.6. The van der Waals surface area contributed by atoms with Crippen molar-refractivity contribution in [3.05, 3.63) is 0 Å². The summed E-state index contributed by atoms with van der Waals surface area (Å²) in [4.78, 5) is 34.0. The molecule has 204 valence electrons. The standard InChI is InChI=1S/C28H44O8/c1-15(4-7-23(31)32)18-5-6-19-26-20(14-22(30)28(18,19)3)27(2)11-10-17(12-16(27)13-21(26)29)36-25(35)9-8-24(33)34/h15-22,26,29-30H,4-14H2,1-3H3,(H,31,32)(H,33,34)/t15-,16+,17-,18-,19+,20+,21-,22+,26+,27+,28-/m1/s1. The number of hydrogen-bond donors (Lipinski definition) is 4. The summed E-state index contributed by atoms with van der Waals surface area (Å²) in [6.07, 6.45) is 4.65. The molecule has 0 aromatic carbocycles. The van der Waals surface area contributed by atoms with E-state index in [2.05, 4.69) is 20.8 Å². The molecule has 0 aliphatic heterocycles. The van der Waals surface area contributed by atoms with Crippen molar-refractivity contribution in [3.8, 4) is 0 Å². The van der Waals surface area contributed by atoms with Crippen LogP contribution < -0.4 is 0 Å². The minimum atomic E-state index is -1.02. The van der Waals surface area contributed by atoms with Gasteiger partial charge in [0.1, 0.15) is 6.10 Å². The quantitative estimate of drug-likeness (QED) is 0.362. The van der Waals surface area contributed by atoms with Gasteiger partial charge in [0.15, 0.2) is 0 Å². The van der Waals surface area contributed by atoms with E-state index in [4.69, 9.17) is 14.9 Å². The Morgan fingerprint density at radius 3 is 2.28 bits per heavy atom. The zero-order valence-electron chi connectivity index (χ0n) is 21.9. The number of carboxylic acids is 2. The summed E-state index contributed by atoms with van der Waals surface area (Å²) in [5.41, 5.74) is -0.372. The van der Waals surface area contributed by atoms with E-state index < -0.39 is 30.1 Å². The minimum Gasteiger partial charge on any atom is -0.481 e. The maximum absolute atomic E-state index is 12.1. The fraction of sp³-hybridized carbons (Fsp3) is 0.893. The van der Waals surface area contributed by atoms with E-state index >= 15 is 0 Å². The maximum Gasteiger partial charge on any atom is 0.306 e. The number of ether oxygens (including phenoxy) is 1. The molecule has 4 aliphatic carbocycles. The predicted molar refractivity (Wildman–Crippen MR) is 131 cm³/mol. The first kappa shape index (κ1) is 27.4. The maximum atomic E-state index is 12.1. The molecule has 36 heavy (non-hydrogen) atoms. The molecule has 0 saturated heterocycles. The van der Waals surface area contributed by atoms with E-state index in [0.717, 1.165) is 25.7 Å². The number of hydrogen-bond acceptors (Lipinski definition) is 6. The molecule has 4 N–H and O–H groups in total. The molecule has 0 amide bonds. The Kier molecular flexibility index (Phi) is 7.78. The highest BCUT2D eigenvalue weighted by Crippen LogP contribution is 2.68. The van der Waals surface area contributed by atoms with Gasteiger partial charge in [-0.1, -0.05) is 20.8 Å². The van der Waals surface area contributed by atoms with Crippen LogP contribution in [-0.4, -0.2) is 56.6 Å². The highest BCUT2D eigenvalue weighted by molar-refractivity contribution is 5.76. The van der Waals surface area contributed by atoms with Crippen molar-refractivity contribution in [2.24, 2.45) is 46.3 Å². The molecule has 0 aromatic rings. The molecule has 0 aromatic heterocycles. The monoisotopic (exact) mass is 508 g/mol. The van der Waals surface area contributed by atoms with Crippen molar-refractivity contribution in [1.29, 1.82) is 0 Å². The van der Waals surface area contributed by atoms with Gasteiger partial charge in [0.25, 0.3) is 0 Å². The summed E-state index contributed by atoms with van der Waals surface area (Å²) in [6.45, 7) is 6.59. The van der Waals surface area contributed by atoms with Gasteiger partial charge in [-0.25, -0.2) is 0 Å². The van der Waals surface area contributed by atoms with Crippen molar-refractivity contribution < 1.29 is 39.5 Å². The molecular formula is C28H44O8. The second-order valence-corrected chi connectivity index (χ2v) is 12.8. The lowest BCUT2D eigenvalue weighted by Crippen LogP contribution is -2.62. The van der Waals surface area contributed by atoms with Crippen LogP contribution in [0.4, 0.5) is 0 Å². The van der Waals surface area contributed by atoms with Gasteiger partial charge >= 0.3 is 17.9 Å². The summed E-state index contributed by atoms with van der Waals surface area (Å²) in [5, 5.41) is 41.1. The van der Waals surface area contributed by atoms with E-state index in [1.807, 2.05) is 0 Å². The smallest absolute Gasteiger partial charge is 0.306 e. The van der Waals surface area contributed by atoms with Crippen LogP contribution in [-0.2, 0) is 19.1 Å². The van der Waals surface area contributed by atoms with Gasteiger partial charge in [-0.15, -0.1) is 0 Å². The number of fused-ring (bicyclic) bond motifs is 5. The number of esters is 1. The molecule has 11 atom stereocenters. The van der Waals surface area contributed by atoms with Crippen LogP contribution in [0.2, 0.25) is 0 Å². The van der Waals surface area contributed by atoms with Crippen LogP contribution in [0.3, 0.4) is 0 Å². The van der Waals surface area contributed by atoms with Gasteiger partial charge in [0.2, 0.25) is 0 Å². The van der Waals surface area contributed by atoms with Crippen molar-refractivity contribution in [2.45, 2.75) is 110 Å². The predicted octanol–water partition coefficient (Wildman–Crippen LogP) is 3.86. The molecule has 0 heterocycles. The van der Waals surface area contributed by atoms with Crippen molar-refractivity contribution in [1.82, 2.24) is 0 Å². The summed E-state index contributed by atoms with van der Waals surface area (Å²) in [6, 6.07) is 0. The van der Waals surface area contributed by atoms with Gasteiger partial charge in [-0.2, -0.15) is 0 Å². The molecule has 8 nitrogen and oxygen atoms in total. The number of carbonyl (C=O) groups excluding carboxylic acids is 1. The first-order valence-electron chi connectivity index (χ1n) is 13.9. The Morgan fingerprint density at radius 1 is 0.917 bits per heavy atom. The summed E-state index contributed by atoms with van der Waals surface area (Å²) < 4.78 is 5.62. The van der Waals surface area contributed by atoms with Crippen molar-refractivity contribution in [2.75, 3.05) is 0 Å². The topological polar surface area (TPSA) is 141 Å². The summed E-state index contributed by atoms with van der Waals surface area (Å²) >= 11 is 0. The van der Waals surface area contributed by atoms with Crippen molar-refractivity contribution >= 4 is 17.9 Å². The Balaban J connectivity index is 1.48. The zero-order valence-corrected chi connectivity index (χ0v) is 21.9. The number of aliphatic hydroxyl groups excluding tert-OH is 2. The Hall–Kier alpha value is -1.67. The SMILES string of the molecule is C[C@H](CCC(=O)O)[C@H]1CC[C@H]2[C@@H]3[C@H](O)C[C@@H]4C[C@H](OC(=O)CCC(=O)O)CC[C@]4(C)[C@H]3C[C@H](O)[C@]12C. The molecule has 4 saturated carbocycles. The average Bonchev–Trinajstić information content (AvgIpc) is 3.16. The molecule has 0 unspecified atom stereocenters. The van der Waals surface area contributed by atoms with Crippen LogP contribution >= 0.6 is 0 Å². The van der Waals surface area contributed by atoms with E-state index in [-0.39, 0.29) is 71.7 Å². The lowest BCUT2D eigenvalue weighted by atomic mass is 9.43. The van der Waals surface area contributed by atoms with E-state index in [1.54, 1.807) is 0 Å². The second-order valence-electron chi connectivity index (χ2n) is 12.8. The summed E-state index contributed by atoms with van der Waals surface area (Å²) in [5.74, 6) is -1.12. The van der Waals surface area contributed by atoms with Gasteiger partial charge in [-0.3, -0.25) is 14.4 Å². The van der Waals surface area contributed by atoms with Crippen LogP contribution in [0.15, 0.2) is 0 Å². The third kappa shape index (κ3) is 4.80. The van der Waals surface area contributed by atoms with Crippen LogP contribution in [0, 0.1) is 46.3 Å². The number of carbonyl (C=O) groups is 3. The van der Waals surface area contributed by atoms with E-state index in [9.17, 15) is 24.6 Å². The highest BCUT2D eigenvalue weighted by atomic mass is 16.5. The lowest BCUT2D eigenvalue weighted by molar-refractivity contribution is -0.209. The number of aliphatic carboxylic acids is 2. The van der Waals surface area contributed by atoms with E-state index in [0.29, 0.717) is 25.7 Å². The Bertz CT molecular complexity index is 858. The first-order chi connectivity index (χ1) is 16.9. The fourth-order valence-corrected chi connectivity index (χ4v) is 9.23.